The summed E-state index contributed by atoms with van der Waals surface area (Å²) in [5, 5.41) is 2.60. The van der Waals surface area contributed by atoms with Crippen molar-refractivity contribution in [2.24, 2.45) is 0 Å². The number of benzene rings is 2. The Balaban J connectivity index is 1.96. The molecule has 0 aliphatic carbocycles. The van der Waals surface area contributed by atoms with Crippen molar-refractivity contribution in [3.63, 3.8) is 0 Å². The zero-order valence-corrected chi connectivity index (χ0v) is 13.9. The van der Waals surface area contributed by atoms with Crippen LogP contribution in [0.3, 0.4) is 0 Å². The summed E-state index contributed by atoms with van der Waals surface area (Å²) in [4.78, 5) is 35.3. The van der Waals surface area contributed by atoms with Gasteiger partial charge in [0, 0.05) is 11.3 Å². The molecule has 0 bridgehead atoms. The summed E-state index contributed by atoms with van der Waals surface area (Å²) in [6.45, 7) is 4.75. The van der Waals surface area contributed by atoms with Gasteiger partial charge < -0.3 is 10.1 Å². The standard InChI is InChI=1S/C19H19NO4/c1-12-7-8-13(2)17(9-12)19(23)24-11-18(22)20-16-6-4-5-15(10-16)14(3)21/h4-10H,11H2,1-3H3,(H,20,22). The number of Topliss-reactive ketones (excluding diaryl/α,β-unsaturated/α-hetero) is 1. The first-order valence-electron chi connectivity index (χ1n) is 7.52. The molecule has 2 aromatic rings. The van der Waals surface area contributed by atoms with Gasteiger partial charge in [-0.3, -0.25) is 9.59 Å². The van der Waals surface area contributed by atoms with E-state index in [0.717, 1.165) is 11.1 Å². The summed E-state index contributed by atoms with van der Waals surface area (Å²) >= 11 is 0. The molecule has 0 fully saturated rings. The molecule has 0 aromatic heterocycles. The van der Waals surface area contributed by atoms with Crippen LogP contribution >= 0.6 is 0 Å². The smallest absolute Gasteiger partial charge is 0.338 e. The van der Waals surface area contributed by atoms with Crippen molar-refractivity contribution in [3.8, 4) is 0 Å². The quantitative estimate of drug-likeness (QED) is 0.676. The van der Waals surface area contributed by atoms with Gasteiger partial charge in [-0.25, -0.2) is 4.79 Å². The van der Waals surface area contributed by atoms with Gasteiger partial charge in [0.25, 0.3) is 5.91 Å². The zero-order chi connectivity index (χ0) is 17.7. The maximum absolute atomic E-state index is 12.1. The number of ether oxygens (including phenoxy) is 1. The number of esters is 1. The number of hydrogen-bond donors (Lipinski definition) is 1. The summed E-state index contributed by atoms with van der Waals surface area (Å²) in [7, 11) is 0. The summed E-state index contributed by atoms with van der Waals surface area (Å²) in [6.07, 6.45) is 0. The van der Waals surface area contributed by atoms with Crippen LogP contribution < -0.4 is 5.32 Å². The van der Waals surface area contributed by atoms with Crippen molar-refractivity contribution in [3.05, 3.63) is 64.7 Å². The number of hydrogen-bond acceptors (Lipinski definition) is 4. The molecule has 0 atom stereocenters. The minimum absolute atomic E-state index is 0.0903. The first kappa shape index (κ1) is 17.4. The van der Waals surface area contributed by atoms with E-state index in [4.69, 9.17) is 4.74 Å². The molecule has 0 unspecified atom stereocenters. The number of nitrogens with one attached hydrogen (secondary N) is 1. The summed E-state index contributed by atoms with van der Waals surface area (Å²) in [6, 6.07) is 12.0. The summed E-state index contributed by atoms with van der Waals surface area (Å²) < 4.78 is 5.06. The second kappa shape index (κ2) is 7.55. The number of anilines is 1. The minimum Gasteiger partial charge on any atom is -0.452 e. The Hall–Kier alpha value is -2.95. The molecule has 0 radical (unpaired) electrons. The van der Waals surface area contributed by atoms with Gasteiger partial charge >= 0.3 is 5.97 Å². The summed E-state index contributed by atoms with van der Waals surface area (Å²) in [5.74, 6) is -1.09. The van der Waals surface area contributed by atoms with E-state index in [-0.39, 0.29) is 5.78 Å². The molecule has 0 aliphatic rings. The zero-order valence-electron chi connectivity index (χ0n) is 13.9. The Morgan fingerprint density at radius 2 is 1.79 bits per heavy atom. The third-order valence-corrected chi connectivity index (χ3v) is 3.50. The number of carbonyl (C=O) groups is 3. The highest BCUT2D eigenvalue weighted by Gasteiger charge is 2.13. The lowest BCUT2D eigenvalue weighted by atomic mass is 10.1. The Morgan fingerprint density at radius 3 is 2.50 bits per heavy atom. The van der Waals surface area contributed by atoms with Gasteiger partial charge in [-0.15, -0.1) is 0 Å². The fourth-order valence-corrected chi connectivity index (χ4v) is 2.18. The minimum atomic E-state index is -0.538. The number of amides is 1. The van der Waals surface area contributed by atoms with Crippen LogP contribution in [0.4, 0.5) is 5.69 Å². The van der Waals surface area contributed by atoms with Crippen LogP contribution in [0.25, 0.3) is 0 Å². The molecule has 0 heterocycles. The van der Waals surface area contributed by atoms with Gasteiger partial charge in [-0.2, -0.15) is 0 Å². The van der Waals surface area contributed by atoms with Crippen molar-refractivity contribution in [1.29, 1.82) is 0 Å². The summed E-state index contributed by atoms with van der Waals surface area (Å²) in [5.41, 5.74) is 3.16. The predicted molar refractivity (Wildman–Crippen MR) is 91.3 cm³/mol. The Morgan fingerprint density at radius 1 is 1.04 bits per heavy atom. The molecule has 0 aliphatic heterocycles. The van der Waals surface area contributed by atoms with E-state index in [1.165, 1.54) is 6.92 Å². The molecule has 1 amide bonds. The predicted octanol–water partition coefficient (Wildman–Crippen LogP) is 3.30. The van der Waals surface area contributed by atoms with E-state index in [1.807, 2.05) is 26.0 Å². The van der Waals surface area contributed by atoms with E-state index in [1.54, 1.807) is 30.3 Å². The van der Waals surface area contributed by atoms with E-state index < -0.39 is 18.5 Å². The second-order valence-electron chi connectivity index (χ2n) is 5.58. The Bertz CT molecular complexity index is 796. The Kier molecular flexibility index (Phi) is 5.47. The third kappa shape index (κ3) is 4.52. The van der Waals surface area contributed by atoms with Crippen LogP contribution in [0.15, 0.2) is 42.5 Å². The van der Waals surface area contributed by atoms with Gasteiger partial charge in [0.05, 0.1) is 5.56 Å². The third-order valence-electron chi connectivity index (χ3n) is 3.50. The largest absolute Gasteiger partial charge is 0.452 e. The van der Waals surface area contributed by atoms with Crippen LogP contribution in [0.5, 0.6) is 0 Å². The molecular formula is C19H19NO4. The Labute approximate surface area is 140 Å². The number of ketones is 1. The molecular weight excluding hydrogens is 306 g/mol. The van der Waals surface area contributed by atoms with E-state index >= 15 is 0 Å². The molecule has 5 heteroatoms. The van der Waals surface area contributed by atoms with Gasteiger partial charge in [0.1, 0.15) is 0 Å². The lowest BCUT2D eigenvalue weighted by Gasteiger charge is -2.09. The van der Waals surface area contributed by atoms with Crippen LogP contribution in [-0.4, -0.2) is 24.3 Å². The van der Waals surface area contributed by atoms with E-state index in [2.05, 4.69) is 5.32 Å². The van der Waals surface area contributed by atoms with Crippen molar-refractivity contribution in [1.82, 2.24) is 0 Å². The molecule has 2 rings (SSSR count). The van der Waals surface area contributed by atoms with Crippen molar-refractivity contribution < 1.29 is 19.1 Å². The van der Waals surface area contributed by atoms with Crippen LogP contribution in [0.2, 0.25) is 0 Å². The molecule has 0 saturated carbocycles. The SMILES string of the molecule is CC(=O)c1cccc(NC(=O)COC(=O)c2cc(C)ccc2C)c1. The molecule has 0 spiro atoms. The molecule has 1 N–H and O–H groups in total. The van der Waals surface area contributed by atoms with Gasteiger partial charge in [0.15, 0.2) is 12.4 Å². The van der Waals surface area contributed by atoms with Crippen LogP contribution in [0.1, 0.15) is 38.8 Å². The molecule has 124 valence electrons. The van der Waals surface area contributed by atoms with Gasteiger partial charge in [-0.05, 0) is 44.5 Å². The highest BCUT2D eigenvalue weighted by Crippen LogP contribution is 2.13. The maximum Gasteiger partial charge on any atom is 0.338 e. The first-order chi connectivity index (χ1) is 11.4. The molecule has 0 saturated heterocycles. The average molecular weight is 325 g/mol. The average Bonchev–Trinajstić information content (AvgIpc) is 2.55. The van der Waals surface area contributed by atoms with E-state index in [9.17, 15) is 14.4 Å². The number of rotatable bonds is 5. The molecule has 2 aromatic carbocycles. The fraction of sp³-hybridized carbons (Fsp3) is 0.211. The van der Waals surface area contributed by atoms with Crippen molar-refractivity contribution in [2.75, 3.05) is 11.9 Å². The highest BCUT2D eigenvalue weighted by molar-refractivity contribution is 5.98. The number of aryl methyl sites for hydroxylation is 2. The topological polar surface area (TPSA) is 72.5 Å². The highest BCUT2D eigenvalue weighted by atomic mass is 16.5. The lowest BCUT2D eigenvalue weighted by Crippen LogP contribution is -2.21. The lowest BCUT2D eigenvalue weighted by molar-refractivity contribution is -0.119. The van der Waals surface area contributed by atoms with Crippen LogP contribution in [-0.2, 0) is 9.53 Å². The van der Waals surface area contributed by atoms with Gasteiger partial charge in [-0.1, -0.05) is 29.8 Å². The van der Waals surface area contributed by atoms with E-state index in [0.29, 0.717) is 16.8 Å². The first-order valence-corrected chi connectivity index (χ1v) is 7.52. The maximum atomic E-state index is 12.1. The normalized spacial score (nSPS) is 10.1. The van der Waals surface area contributed by atoms with Gasteiger partial charge in [0.2, 0.25) is 0 Å². The monoisotopic (exact) mass is 325 g/mol. The molecule has 5 nitrogen and oxygen atoms in total. The fourth-order valence-electron chi connectivity index (χ4n) is 2.18. The number of carbonyl (C=O) groups excluding carboxylic acids is 3. The van der Waals surface area contributed by atoms with Crippen LogP contribution in [0, 0.1) is 13.8 Å². The van der Waals surface area contributed by atoms with Crippen molar-refractivity contribution in [2.45, 2.75) is 20.8 Å². The second-order valence-corrected chi connectivity index (χ2v) is 5.58. The molecule has 24 heavy (non-hydrogen) atoms. The van der Waals surface area contributed by atoms with Crippen molar-refractivity contribution >= 4 is 23.3 Å².